The highest BCUT2D eigenvalue weighted by Crippen LogP contribution is 2.12. The van der Waals surface area contributed by atoms with E-state index in [1.807, 2.05) is 41.1 Å². The lowest BCUT2D eigenvalue weighted by molar-refractivity contribution is 1.04. The summed E-state index contributed by atoms with van der Waals surface area (Å²) < 4.78 is 1.94. The van der Waals surface area contributed by atoms with E-state index < -0.39 is 0 Å². The summed E-state index contributed by atoms with van der Waals surface area (Å²) in [7, 11) is 0. The molecule has 1 aromatic carbocycles. The van der Waals surface area contributed by atoms with Crippen molar-refractivity contribution in [2.75, 3.05) is 5.32 Å². The highest BCUT2D eigenvalue weighted by molar-refractivity contribution is 5.47. The van der Waals surface area contributed by atoms with E-state index in [0.717, 1.165) is 11.3 Å². The number of hydrogen-bond acceptors (Lipinski definition) is 5. The molecule has 6 nitrogen and oxygen atoms in total. The third-order valence-corrected chi connectivity index (χ3v) is 3.00. The Morgan fingerprint density at radius 3 is 2.62 bits per heavy atom. The largest absolute Gasteiger partial charge is 0.364 e. The van der Waals surface area contributed by atoms with Crippen molar-refractivity contribution in [3.8, 4) is 11.8 Å². The molecule has 0 saturated carbocycles. The van der Waals surface area contributed by atoms with Crippen LogP contribution in [-0.4, -0.2) is 19.5 Å². The lowest BCUT2D eigenvalue weighted by atomic mass is 10.2. The number of anilines is 1. The number of nitriles is 1. The van der Waals surface area contributed by atoms with Crippen molar-refractivity contribution in [2.24, 2.45) is 0 Å². The highest BCUT2D eigenvalue weighted by Gasteiger charge is 2.03. The number of imidazole rings is 1. The average Bonchev–Trinajstić information content (AvgIpc) is 3.08. The third-order valence-electron chi connectivity index (χ3n) is 3.00. The molecule has 6 heteroatoms. The fourth-order valence-electron chi connectivity index (χ4n) is 1.93. The Kier molecular flexibility index (Phi) is 3.56. The summed E-state index contributed by atoms with van der Waals surface area (Å²) in [6, 6.07) is 10.1. The van der Waals surface area contributed by atoms with Gasteiger partial charge in [-0.2, -0.15) is 5.26 Å². The molecule has 0 atom stereocenters. The van der Waals surface area contributed by atoms with Gasteiger partial charge in [-0.15, -0.1) is 0 Å². The monoisotopic (exact) mass is 276 g/mol. The zero-order valence-corrected chi connectivity index (χ0v) is 11.1. The molecular weight excluding hydrogens is 264 g/mol. The molecule has 3 rings (SSSR count). The van der Waals surface area contributed by atoms with E-state index in [2.05, 4.69) is 20.3 Å². The lowest BCUT2D eigenvalue weighted by Gasteiger charge is -2.07. The molecule has 1 N–H and O–H groups in total. The summed E-state index contributed by atoms with van der Waals surface area (Å²) in [5, 5.41) is 12.1. The minimum atomic E-state index is 0.299. The summed E-state index contributed by atoms with van der Waals surface area (Å²) in [4.78, 5) is 12.1. The van der Waals surface area contributed by atoms with E-state index in [-0.39, 0.29) is 0 Å². The zero-order valence-electron chi connectivity index (χ0n) is 11.1. The smallest absolute Gasteiger partial charge is 0.182 e. The number of rotatable bonds is 4. The molecule has 2 heterocycles. The molecular formula is C15H12N6. The Hall–Kier alpha value is -3.20. The van der Waals surface area contributed by atoms with Gasteiger partial charge in [-0.25, -0.2) is 15.0 Å². The predicted molar refractivity (Wildman–Crippen MR) is 77.6 cm³/mol. The molecule has 0 aliphatic carbocycles. The van der Waals surface area contributed by atoms with Crippen LogP contribution in [0.1, 0.15) is 11.3 Å². The van der Waals surface area contributed by atoms with Crippen LogP contribution in [0, 0.1) is 11.3 Å². The molecule has 0 unspecified atom stereocenters. The van der Waals surface area contributed by atoms with Crippen molar-refractivity contribution in [1.82, 2.24) is 19.5 Å². The maximum Gasteiger partial charge on any atom is 0.182 e. The molecule has 0 radical (unpaired) electrons. The first-order valence-electron chi connectivity index (χ1n) is 6.39. The number of aromatic nitrogens is 4. The molecule has 0 amide bonds. The van der Waals surface area contributed by atoms with Gasteiger partial charge in [-0.1, -0.05) is 12.1 Å². The van der Waals surface area contributed by atoms with Gasteiger partial charge in [0, 0.05) is 37.0 Å². The van der Waals surface area contributed by atoms with Crippen LogP contribution in [0.15, 0.2) is 55.4 Å². The van der Waals surface area contributed by atoms with E-state index >= 15 is 0 Å². The van der Waals surface area contributed by atoms with E-state index in [4.69, 9.17) is 5.26 Å². The predicted octanol–water partition coefficient (Wildman–Crippen LogP) is 2.15. The van der Waals surface area contributed by atoms with Gasteiger partial charge in [0.25, 0.3) is 0 Å². The van der Waals surface area contributed by atoms with Gasteiger partial charge in [-0.3, -0.25) is 0 Å². The van der Waals surface area contributed by atoms with E-state index in [1.165, 1.54) is 6.20 Å². The van der Waals surface area contributed by atoms with Crippen molar-refractivity contribution in [2.45, 2.75) is 6.54 Å². The van der Waals surface area contributed by atoms with Crippen molar-refractivity contribution in [3.63, 3.8) is 0 Å². The van der Waals surface area contributed by atoms with Crippen LogP contribution in [0.25, 0.3) is 5.69 Å². The summed E-state index contributed by atoms with van der Waals surface area (Å²) in [6.45, 7) is 0.581. The van der Waals surface area contributed by atoms with Gasteiger partial charge in [0.05, 0.1) is 6.33 Å². The maximum atomic E-state index is 8.96. The van der Waals surface area contributed by atoms with Crippen LogP contribution < -0.4 is 5.32 Å². The Balaban J connectivity index is 1.70. The molecule has 0 bridgehead atoms. The minimum Gasteiger partial charge on any atom is -0.364 e. The van der Waals surface area contributed by atoms with Gasteiger partial charge in [0.15, 0.2) is 11.5 Å². The Labute approximate surface area is 121 Å². The summed E-state index contributed by atoms with van der Waals surface area (Å²) in [6.07, 6.45) is 8.46. The van der Waals surface area contributed by atoms with Crippen molar-refractivity contribution in [3.05, 3.63) is 66.6 Å². The first-order chi connectivity index (χ1) is 10.4. The van der Waals surface area contributed by atoms with E-state index in [0.29, 0.717) is 18.1 Å². The topological polar surface area (TPSA) is 79.4 Å². The minimum absolute atomic E-state index is 0.299. The molecule has 21 heavy (non-hydrogen) atoms. The Morgan fingerprint density at radius 1 is 1.10 bits per heavy atom. The first-order valence-corrected chi connectivity index (χ1v) is 6.39. The van der Waals surface area contributed by atoms with Gasteiger partial charge in [0.2, 0.25) is 0 Å². The third kappa shape index (κ3) is 2.87. The fourth-order valence-corrected chi connectivity index (χ4v) is 1.93. The average molecular weight is 276 g/mol. The van der Waals surface area contributed by atoms with Crippen molar-refractivity contribution in [1.29, 1.82) is 5.26 Å². The normalized spacial score (nSPS) is 10.0. The molecule has 102 valence electrons. The van der Waals surface area contributed by atoms with Gasteiger partial charge in [0.1, 0.15) is 6.07 Å². The van der Waals surface area contributed by atoms with Gasteiger partial charge < -0.3 is 9.88 Å². The Bertz CT molecular complexity index is 756. The molecule has 0 aliphatic rings. The second kappa shape index (κ2) is 5.84. The van der Waals surface area contributed by atoms with Crippen LogP contribution in [-0.2, 0) is 6.54 Å². The zero-order chi connectivity index (χ0) is 14.5. The summed E-state index contributed by atoms with van der Waals surface area (Å²) in [5.74, 6) is 0.499. The molecule has 0 aliphatic heterocycles. The Morgan fingerprint density at radius 2 is 1.90 bits per heavy atom. The SMILES string of the molecule is N#Cc1nccnc1NCc1ccc(-n2ccnc2)cc1. The number of hydrogen-bond donors (Lipinski definition) is 1. The second-order valence-corrected chi connectivity index (χ2v) is 4.36. The number of nitrogens with zero attached hydrogens (tertiary/aromatic N) is 5. The standard InChI is InChI=1S/C15H12N6/c16-9-14-15(19-6-5-18-14)20-10-12-1-3-13(4-2-12)21-8-7-17-11-21/h1-8,11H,10H2,(H,19,20). The van der Waals surface area contributed by atoms with Crippen LogP contribution in [0.4, 0.5) is 5.82 Å². The fraction of sp³-hybridized carbons (Fsp3) is 0.0667. The highest BCUT2D eigenvalue weighted by atomic mass is 15.0. The van der Waals surface area contributed by atoms with E-state index in [9.17, 15) is 0 Å². The molecule has 0 fully saturated rings. The quantitative estimate of drug-likeness (QED) is 0.789. The molecule has 2 aromatic heterocycles. The maximum absolute atomic E-state index is 8.96. The molecule has 3 aromatic rings. The van der Waals surface area contributed by atoms with Gasteiger partial charge in [-0.05, 0) is 17.7 Å². The summed E-state index contributed by atoms with van der Waals surface area (Å²) >= 11 is 0. The van der Waals surface area contributed by atoms with Crippen LogP contribution >= 0.6 is 0 Å². The molecule has 0 spiro atoms. The van der Waals surface area contributed by atoms with Crippen molar-refractivity contribution >= 4 is 5.82 Å². The van der Waals surface area contributed by atoms with Gasteiger partial charge >= 0.3 is 0 Å². The molecule has 0 saturated heterocycles. The lowest BCUT2D eigenvalue weighted by Crippen LogP contribution is -2.04. The first kappa shape index (κ1) is 12.8. The van der Waals surface area contributed by atoms with E-state index in [1.54, 1.807) is 18.7 Å². The number of nitrogens with one attached hydrogen (secondary N) is 1. The van der Waals surface area contributed by atoms with Crippen LogP contribution in [0.2, 0.25) is 0 Å². The summed E-state index contributed by atoms with van der Waals surface area (Å²) in [5.41, 5.74) is 2.44. The van der Waals surface area contributed by atoms with Crippen molar-refractivity contribution < 1.29 is 0 Å². The second-order valence-electron chi connectivity index (χ2n) is 4.36. The number of benzene rings is 1. The van der Waals surface area contributed by atoms with Crippen LogP contribution in [0.5, 0.6) is 0 Å². The van der Waals surface area contributed by atoms with Crippen LogP contribution in [0.3, 0.4) is 0 Å².